The molecule has 0 amide bonds. The quantitative estimate of drug-likeness (QED) is 0.541. The van der Waals surface area contributed by atoms with Crippen LogP contribution < -0.4 is 5.32 Å². The van der Waals surface area contributed by atoms with Crippen LogP contribution in [0.2, 0.25) is 0 Å². The van der Waals surface area contributed by atoms with Gasteiger partial charge in [0.05, 0.1) is 0 Å². The molecule has 49 valence electrons. The van der Waals surface area contributed by atoms with Crippen molar-refractivity contribution in [3.63, 3.8) is 0 Å². The smallest absolute Gasteiger partial charge is 0.0114 e. The third-order valence-corrected chi connectivity index (χ3v) is 1.78. The lowest BCUT2D eigenvalue weighted by molar-refractivity contribution is 0.568. The Kier molecular flexibility index (Phi) is 2.60. The summed E-state index contributed by atoms with van der Waals surface area (Å²) >= 11 is 0. The van der Waals surface area contributed by atoms with Gasteiger partial charge >= 0.3 is 0 Å². The molecule has 1 N–H and O–H groups in total. The Labute approximate surface area is 56.8 Å². The van der Waals surface area contributed by atoms with Crippen LogP contribution in [0.1, 0.15) is 25.7 Å². The topological polar surface area (TPSA) is 12.0 Å². The maximum atomic E-state index is 6.69. The van der Waals surface area contributed by atoms with Gasteiger partial charge in [0.15, 0.2) is 0 Å². The summed E-state index contributed by atoms with van der Waals surface area (Å²) in [5.41, 5.74) is 0. The molecule has 1 nitrogen and oxygen atoms in total. The van der Waals surface area contributed by atoms with Crippen molar-refractivity contribution in [1.29, 1.82) is 0 Å². The summed E-state index contributed by atoms with van der Waals surface area (Å²) in [5, 5.41) is 3.37. The van der Waals surface area contributed by atoms with Crippen LogP contribution >= 0.6 is 0 Å². The summed E-state index contributed by atoms with van der Waals surface area (Å²) in [6.45, 7) is 1.17. The van der Waals surface area contributed by atoms with Gasteiger partial charge in [-0.1, -0.05) is 5.92 Å². The third-order valence-electron chi connectivity index (χ3n) is 1.78. The third kappa shape index (κ3) is 2.07. The first-order valence-corrected chi connectivity index (χ1v) is 3.56. The van der Waals surface area contributed by atoms with E-state index in [4.69, 9.17) is 6.42 Å². The Balaban J connectivity index is 2.06. The van der Waals surface area contributed by atoms with Crippen molar-refractivity contribution in [2.24, 2.45) is 0 Å². The predicted molar refractivity (Wildman–Crippen MR) is 37.4 cm³/mol. The van der Waals surface area contributed by atoms with E-state index in [0.717, 1.165) is 12.8 Å². The average Bonchev–Trinajstić information content (AvgIpc) is 2.34. The predicted octanol–water partition coefficient (Wildman–Crippen LogP) is 1.11. The molecule has 1 heterocycles. The van der Waals surface area contributed by atoms with E-state index >= 15 is 0 Å². The van der Waals surface area contributed by atoms with Crippen molar-refractivity contribution >= 4 is 0 Å². The van der Waals surface area contributed by atoms with Crippen LogP contribution in [0.4, 0.5) is 0 Å². The van der Waals surface area contributed by atoms with Crippen molar-refractivity contribution in [3.8, 4) is 5.92 Å². The molecule has 1 aliphatic rings. The van der Waals surface area contributed by atoms with E-state index in [1.54, 1.807) is 0 Å². The lowest BCUT2D eigenvalue weighted by Gasteiger charge is -2.05. The molecule has 0 aromatic carbocycles. The van der Waals surface area contributed by atoms with Crippen molar-refractivity contribution in [2.75, 3.05) is 6.54 Å². The number of nitrogens with one attached hydrogen (secondary N) is 1. The fraction of sp³-hybridized carbons (Fsp3) is 0.750. The van der Waals surface area contributed by atoms with Gasteiger partial charge < -0.3 is 5.32 Å². The molecular formula is C8H12N. The largest absolute Gasteiger partial charge is 0.314 e. The highest BCUT2D eigenvalue weighted by atomic mass is 14.9. The molecule has 0 aromatic heterocycles. The molecule has 0 bridgehead atoms. The summed E-state index contributed by atoms with van der Waals surface area (Å²) in [6, 6.07) is 0.683. The standard InChI is InChI=1S/C8H12N/c1-2-3-5-8-6-4-7-9-8/h8-9H,3-7H2. The summed E-state index contributed by atoms with van der Waals surface area (Å²) in [6.07, 6.45) is 11.2. The maximum absolute atomic E-state index is 6.69. The first-order valence-electron chi connectivity index (χ1n) is 3.56. The van der Waals surface area contributed by atoms with Gasteiger partial charge in [0.25, 0.3) is 0 Å². The second kappa shape index (κ2) is 3.53. The van der Waals surface area contributed by atoms with E-state index in [1.807, 2.05) is 0 Å². The highest BCUT2D eigenvalue weighted by Crippen LogP contribution is 2.09. The summed E-state index contributed by atoms with van der Waals surface area (Å²) < 4.78 is 0. The first-order chi connectivity index (χ1) is 4.43. The zero-order valence-electron chi connectivity index (χ0n) is 5.61. The van der Waals surface area contributed by atoms with Gasteiger partial charge in [-0.15, -0.1) is 0 Å². The van der Waals surface area contributed by atoms with E-state index in [9.17, 15) is 0 Å². The van der Waals surface area contributed by atoms with Gasteiger partial charge in [-0.3, -0.25) is 0 Å². The van der Waals surface area contributed by atoms with Crippen LogP contribution in [-0.2, 0) is 0 Å². The SMILES string of the molecule is [C]#CCCC1CCCN1. The van der Waals surface area contributed by atoms with Gasteiger partial charge in [-0.2, -0.15) is 0 Å². The van der Waals surface area contributed by atoms with E-state index in [1.165, 1.54) is 19.4 Å². The minimum atomic E-state index is 0.683. The van der Waals surface area contributed by atoms with Crippen LogP contribution in [0, 0.1) is 12.3 Å². The Morgan fingerprint density at radius 1 is 1.67 bits per heavy atom. The molecule has 0 saturated carbocycles. The molecule has 1 fully saturated rings. The molecule has 1 saturated heterocycles. The fourth-order valence-corrected chi connectivity index (χ4v) is 1.25. The second-order valence-electron chi connectivity index (χ2n) is 2.51. The van der Waals surface area contributed by atoms with E-state index < -0.39 is 0 Å². The number of hydrogen-bond donors (Lipinski definition) is 1. The second-order valence-corrected chi connectivity index (χ2v) is 2.51. The first kappa shape index (κ1) is 6.64. The number of hydrogen-bond acceptors (Lipinski definition) is 1. The summed E-state index contributed by atoms with van der Waals surface area (Å²) in [4.78, 5) is 0. The lowest BCUT2D eigenvalue weighted by atomic mass is 10.1. The molecule has 0 aromatic rings. The lowest BCUT2D eigenvalue weighted by Crippen LogP contribution is -2.20. The minimum Gasteiger partial charge on any atom is -0.314 e. The normalized spacial score (nSPS) is 25.9. The fourth-order valence-electron chi connectivity index (χ4n) is 1.25. The highest BCUT2D eigenvalue weighted by Gasteiger charge is 2.11. The van der Waals surface area contributed by atoms with Crippen LogP contribution in [0.15, 0.2) is 0 Å². The van der Waals surface area contributed by atoms with Crippen LogP contribution in [0.3, 0.4) is 0 Å². The van der Waals surface area contributed by atoms with Crippen molar-refractivity contribution in [1.82, 2.24) is 5.32 Å². The highest BCUT2D eigenvalue weighted by molar-refractivity contribution is 4.81. The van der Waals surface area contributed by atoms with Gasteiger partial charge in [-0.25, -0.2) is 0 Å². The molecule has 1 aliphatic heterocycles. The molecule has 9 heavy (non-hydrogen) atoms. The molecule has 1 atom stereocenters. The summed E-state index contributed by atoms with van der Waals surface area (Å²) in [5.74, 6) is 2.40. The van der Waals surface area contributed by atoms with E-state index in [0.29, 0.717) is 6.04 Å². The van der Waals surface area contributed by atoms with Crippen molar-refractivity contribution < 1.29 is 0 Å². The van der Waals surface area contributed by atoms with Gasteiger partial charge in [0, 0.05) is 12.5 Å². The Hall–Kier alpha value is -0.480. The van der Waals surface area contributed by atoms with Crippen LogP contribution in [0.25, 0.3) is 0 Å². The zero-order chi connectivity index (χ0) is 6.53. The van der Waals surface area contributed by atoms with E-state index in [2.05, 4.69) is 11.2 Å². The summed E-state index contributed by atoms with van der Waals surface area (Å²) in [7, 11) is 0. The van der Waals surface area contributed by atoms with Gasteiger partial charge in [0.1, 0.15) is 0 Å². The molecule has 1 radical (unpaired) electrons. The molecule has 1 heteroatoms. The van der Waals surface area contributed by atoms with Crippen LogP contribution in [-0.4, -0.2) is 12.6 Å². The average molecular weight is 122 g/mol. The van der Waals surface area contributed by atoms with Gasteiger partial charge in [0.2, 0.25) is 0 Å². The zero-order valence-corrected chi connectivity index (χ0v) is 5.61. The number of rotatable bonds is 2. The van der Waals surface area contributed by atoms with E-state index in [-0.39, 0.29) is 0 Å². The monoisotopic (exact) mass is 122 g/mol. The molecule has 0 aliphatic carbocycles. The maximum Gasteiger partial charge on any atom is 0.0114 e. The van der Waals surface area contributed by atoms with Crippen molar-refractivity contribution in [3.05, 3.63) is 6.42 Å². The van der Waals surface area contributed by atoms with Gasteiger partial charge in [-0.05, 0) is 32.2 Å². The van der Waals surface area contributed by atoms with Crippen LogP contribution in [0.5, 0.6) is 0 Å². The molecule has 0 spiro atoms. The Bertz CT molecular complexity index is 106. The Morgan fingerprint density at radius 2 is 2.56 bits per heavy atom. The Morgan fingerprint density at radius 3 is 3.11 bits per heavy atom. The molecule has 1 unspecified atom stereocenters. The molecule has 1 rings (SSSR count). The molecular weight excluding hydrogens is 110 g/mol. The van der Waals surface area contributed by atoms with Crippen molar-refractivity contribution in [2.45, 2.75) is 31.7 Å². The minimum absolute atomic E-state index is 0.683.